The van der Waals surface area contributed by atoms with Crippen LogP contribution in [0.2, 0.25) is 0 Å². The summed E-state index contributed by atoms with van der Waals surface area (Å²) in [7, 11) is 0. The van der Waals surface area contributed by atoms with Gasteiger partial charge in [0.25, 0.3) is 0 Å². The molecule has 0 aliphatic carbocycles. The Morgan fingerprint density at radius 3 is 0.800 bits per heavy atom. The average Bonchev–Trinajstić information content (AvgIpc) is 0. The summed E-state index contributed by atoms with van der Waals surface area (Å²) in [6.07, 6.45) is 0. The van der Waals surface area contributed by atoms with E-state index >= 15 is 0 Å². The van der Waals surface area contributed by atoms with Crippen molar-refractivity contribution in [1.82, 2.24) is 0 Å². The van der Waals surface area contributed by atoms with Gasteiger partial charge < -0.3 is 11.0 Å². The van der Waals surface area contributed by atoms with Crippen LogP contribution in [0.3, 0.4) is 0 Å². The number of hydrogen-bond acceptors (Lipinski definition) is 0. The summed E-state index contributed by atoms with van der Waals surface area (Å²) in [5.74, 6) is 0. The maximum absolute atomic E-state index is 0. The third-order valence-electron chi connectivity index (χ3n) is 0. The second-order valence-corrected chi connectivity index (χ2v) is 0. The molecule has 0 amide bonds. The largest absolute Gasteiger partial charge is 4.00 e. The van der Waals surface area contributed by atoms with Gasteiger partial charge in [-0.25, -0.2) is 0 Å². The predicted molar refractivity (Wildman–Crippen MR) is 7.13 cm³/mol. The fourth-order valence-electron chi connectivity index (χ4n) is 0. The molecule has 0 aromatic heterocycles. The Bertz CT molecular complexity index is 9.61. The molecule has 0 N–H and O–H groups in total. The molecule has 0 aliphatic heterocycles. The zero-order valence-electron chi connectivity index (χ0n) is 2.21. The predicted octanol–water partition coefficient (Wildman–Crippen LogP) is -0.623. The molecule has 0 fully saturated rings. The van der Waals surface area contributed by atoms with Crippen LogP contribution >= 0.6 is 0 Å². The van der Waals surface area contributed by atoms with Gasteiger partial charge in [0.2, 0.25) is 0 Å². The van der Waals surface area contributed by atoms with Crippen molar-refractivity contribution in [2.75, 3.05) is 0 Å². The minimum atomic E-state index is 0. The van der Waals surface area contributed by atoms with Crippen LogP contribution in [0.4, 0.5) is 0 Å². The molecule has 0 saturated carbocycles. The fraction of sp³-hybridized carbons (Fsp3) is 0. The second kappa shape index (κ2) is 44.6. The Labute approximate surface area is 66.3 Å². The first-order valence-corrected chi connectivity index (χ1v) is 0. The third kappa shape index (κ3) is 27.5. The van der Waals surface area contributed by atoms with Crippen LogP contribution in [0.15, 0.2) is 0 Å². The van der Waals surface area contributed by atoms with E-state index in [0.717, 1.165) is 0 Å². The normalized spacial score (nSPS) is 0. The standard InChI is InChI=1S/Al.Ni.2O.Ti/q+3;+2;2*-2;+4. The molecular formula is AlNiO2Ti+5. The minimum absolute atomic E-state index is 0. The van der Waals surface area contributed by atoms with Gasteiger partial charge >= 0.3 is 55.6 Å². The summed E-state index contributed by atoms with van der Waals surface area (Å²) in [4.78, 5) is 0. The maximum Gasteiger partial charge on any atom is 4.00 e. The molecule has 24 valence electrons. The van der Waals surface area contributed by atoms with Gasteiger partial charge in [-0.1, -0.05) is 0 Å². The zero-order chi connectivity index (χ0) is 0. The molecule has 5 heteroatoms. The van der Waals surface area contributed by atoms with Crippen molar-refractivity contribution >= 4 is 17.4 Å². The molecule has 0 atom stereocenters. The summed E-state index contributed by atoms with van der Waals surface area (Å²) in [5.41, 5.74) is 0. The molecule has 0 rings (SSSR count). The van der Waals surface area contributed by atoms with Crippen molar-refractivity contribution in [1.29, 1.82) is 0 Å². The van der Waals surface area contributed by atoms with Crippen LogP contribution < -0.4 is 0 Å². The molecule has 0 aromatic rings. The Kier molecular flexibility index (Phi) is 690. The quantitative estimate of drug-likeness (QED) is 0.430. The Hall–Kier alpha value is 1.66. The molecule has 0 bridgehead atoms. The van der Waals surface area contributed by atoms with Gasteiger partial charge in [-0.15, -0.1) is 0 Å². The number of hydrogen-bond donors (Lipinski definition) is 0. The van der Waals surface area contributed by atoms with Gasteiger partial charge in [-0.05, 0) is 0 Å². The molecule has 0 aliphatic rings. The van der Waals surface area contributed by atoms with E-state index in [9.17, 15) is 0 Å². The molecule has 0 spiro atoms. The summed E-state index contributed by atoms with van der Waals surface area (Å²) in [5, 5.41) is 0. The minimum Gasteiger partial charge on any atom is -2.00 e. The van der Waals surface area contributed by atoms with Crippen molar-refractivity contribution in [2.45, 2.75) is 0 Å². The van der Waals surface area contributed by atoms with Crippen LogP contribution in [0, 0.1) is 0 Å². The van der Waals surface area contributed by atoms with E-state index in [1.807, 2.05) is 0 Å². The van der Waals surface area contributed by atoms with E-state index in [0.29, 0.717) is 0 Å². The molecule has 0 heterocycles. The smallest absolute Gasteiger partial charge is 2.00 e. The van der Waals surface area contributed by atoms with Crippen molar-refractivity contribution < 1.29 is 49.2 Å². The van der Waals surface area contributed by atoms with E-state index in [4.69, 9.17) is 0 Å². The molecular weight excluding hydrogens is 166 g/mol. The molecule has 0 aromatic carbocycles. The van der Waals surface area contributed by atoms with Crippen LogP contribution in [0.25, 0.3) is 0 Å². The van der Waals surface area contributed by atoms with Gasteiger partial charge in [-0.2, -0.15) is 0 Å². The van der Waals surface area contributed by atoms with E-state index in [2.05, 4.69) is 0 Å². The van der Waals surface area contributed by atoms with Gasteiger partial charge in [0, 0.05) is 0 Å². The van der Waals surface area contributed by atoms with E-state index < -0.39 is 0 Å². The zero-order valence-corrected chi connectivity index (χ0v) is 5.91. The van der Waals surface area contributed by atoms with Gasteiger partial charge in [-0.3, -0.25) is 0 Å². The van der Waals surface area contributed by atoms with E-state index in [1.54, 1.807) is 0 Å². The summed E-state index contributed by atoms with van der Waals surface area (Å²) in [6, 6.07) is 0. The van der Waals surface area contributed by atoms with Gasteiger partial charge in [0.15, 0.2) is 0 Å². The Morgan fingerprint density at radius 1 is 0.800 bits per heavy atom. The van der Waals surface area contributed by atoms with Crippen molar-refractivity contribution in [3.8, 4) is 0 Å². The Balaban J connectivity index is 0. The van der Waals surface area contributed by atoms with E-state index in [1.165, 1.54) is 0 Å². The first kappa shape index (κ1) is 77.4. The van der Waals surface area contributed by atoms with E-state index in [-0.39, 0.29) is 66.5 Å². The van der Waals surface area contributed by atoms with Crippen molar-refractivity contribution in [2.24, 2.45) is 0 Å². The van der Waals surface area contributed by atoms with Crippen LogP contribution in [0.5, 0.6) is 0 Å². The fourth-order valence-corrected chi connectivity index (χ4v) is 0. The molecule has 0 saturated heterocycles. The summed E-state index contributed by atoms with van der Waals surface area (Å²) >= 11 is 0. The molecule has 5 heavy (non-hydrogen) atoms. The Morgan fingerprint density at radius 2 is 0.800 bits per heavy atom. The first-order chi connectivity index (χ1) is 0. The number of rotatable bonds is 0. The van der Waals surface area contributed by atoms with Gasteiger partial charge in [0.1, 0.15) is 0 Å². The second-order valence-electron chi connectivity index (χ2n) is 0. The summed E-state index contributed by atoms with van der Waals surface area (Å²) < 4.78 is 0. The van der Waals surface area contributed by atoms with Gasteiger partial charge in [0.05, 0.1) is 0 Å². The van der Waals surface area contributed by atoms with Crippen molar-refractivity contribution in [3.63, 3.8) is 0 Å². The molecule has 2 nitrogen and oxygen atoms in total. The van der Waals surface area contributed by atoms with Crippen LogP contribution in [-0.2, 0) is 49.2 Å². The first-order valence-electron chi connectivity index (χ1n) is 0. The monoisotopic (exact) mass is 165 g/mol. The third-order valence-corrected chi connectivity index (χ3v) is 0. The molecule has 0 unspecified atom stereocenters. The summed E-state index contributed by atoms with van der Waals surface area (Å²) in [6.45, 7) is 0. The van der Waals surface area contributed by atoms with Crippen molar-refractivity contribution in [3.05, 3.63) is 0 Å². The van der Waals surface area contributed by atoms with Crippen LogP contribution in [-0.4, -0.2) is 17.4 Å². The molecule has 0 radical (unpaired) electrons. The average molecular weight is 166 g/mol. The maximum atomic E-state index is 0. The SMILES string of the molecule is [Al+3].[Ni+2].[O-2].[O-2].[Ti+4]. The topological polar surface area (TPSA) is 57.0 Å². The van der Waals surface area contributed by atoms with Crippen LogP contribution in [0.1, 0.15) is 0 Å².